The third-order valence-corrected chi connectivity index (χ3v) is 2.76. The van der Waals surface area contributed by atoms with Crippen molar-refractivity contribution in [1.82, 2.24) is 0 Å². The summed E-state index contributed by atoms with van der Waals surface area (Å²) in [6.45, 7) is 5.97. The lowest BCUT2D eigenvalue weighted by Gasteiger charge is -2.12. The molecule has 0 aliphatic carbocycles. The second-order valence-corrected chi connectivity index (χ2v) is 3.94. The van der Waals surface area contributed by atoms with E-state index in [-0.39, 0.29) is 0 Å². The fourth-order valence-electron chi connectivity index (χ4n) is 1.48. The molecule has 0 saturated heterocycles. The van der Waals surface area contributed by atoms with Gasteiger partial charge in [-0.15, -0.1) is 0 Å². The van der Waals surface area contributed by atoms with Gasteiger partial charge in [-0.1, -0.05) is 38.8 Å². The van der Waals surface area contributed by atoms with Crippen LogP contribution in [0.3, 0.4) is 0 Å². The second-order valence-electron chi connectivity index (χ2n) is 3.94. The zero-order valence-electron chi connectivity index (χ0n) is 9.70. The van der Waals surface area contributed by atoms with Gasteiger partial charge in [0.15, 0.2) is 0 Å². The molecule has 84 valence electrons. The molecule has 0 aliphatic heterocycles. The summed E-state index contributed by atoms with van der Waals surface area (Å²) in [5.41, 5.74) is 7.60. The van der Waals surface area contributed by atoms with Crippen molar-refractivity contribution >= 4 is 5.69 Å². The summed E-state index contributed by atoms with van der Waals surface area (Å²) < 4.78 is 5.66. The molecule has 0 fully saturated rings. The van der Waals surface area contributed by atoms with Crippen LogP contribution < -0.4 is 5.73 Å². The molecular weight excluding hydrogens is 186 g/mol. The summed E-state index contributed by atoms with van der Waals surface area (Å²) in [5, 5.41) is 0. The maximum Gasteiger partial charge on any atom is 0.0717 e. The first-order valence-corrected chi connectivity index (χ1v) is 5.68. The first-order chi connectivity index (χ1) is 7.26. The van der Waals surface area contributed by atoms with Crippen LogP contribution in [0.1, 0.15) is 32.3 Å². The molecule has 2 N–H and O–H groups in total. The number of anilines is 1. The lowest BCUT2D eigenvalue weighted by molar-refractivity contribution is 0.0843. The van der Waals surface area contributed by atoms with E-state index in [4.69, 9.17) is 10.5 Å². The Bertz CT molecular complexity index is 264. The summed E-state index contributed by atoms with van der Waals surface area (Å²) in [6.07, 6.45) is 2.39. The van der Waals surface area contributed by atoms with Crippen molar-refractivity contribution in [3.8, 4) is 0 Å². The molecule has 0 atom stereocenters. The van der Waals surface area contributed by atoms with Crippen LogP contribution in [0.2, 0.25) is 0 Å². The largest absolute Gasteiger partial charge is 0.399 e. The van der Waals surface area contributed by atoms with Gasteiger partial charge >= 0.3 is 0 Å². The van der Waals surface area contributed by atoms with Gasteiger partial charge in [-0.2, -0.15) is 0 Å². The molecule has 1 rings (SSSR count). The topological polar surface area (TPSA) is 35.2 Å². The van der Waals surface area contributed by atoms with Crippen molar-refractivity contribution in [2.45, 2.75) is 33.3 Å². The van der Waals surface area contributed by atoms with Gasteiger partial charge in [-0.25, -0.2) is 0 Å². The maximum atomic E-state index is 5.66. The highest BCUT2D eigenvalue weighted by molar-refractivity contribution is 5.39. The highest BCUT2D eigenvalue weighted by Gasteiger charge is 2.02. The van der Waals surface area contributed by atoms with Crippen molar-refractivity contribution in [2.24, 2.45) is 5.92 Å². The number of hydrogen-bond donors (Lipinski definition) is 1. The van der Waals surface area contributed by atoms with Crippen molar-refractivity contribution in [3.05, 3.63) is 29.8 Å². The quantitative estimate of drug-likeness (QED) is 0.727. The number of ether oxygens (including phenoxy) is 1. The Kier molecular flexibility index (Phi) is 5.19. The van der Waals surface area contributed by atoms with E-state index in [0.29, 0.717) is 12.5 Å². The summed E-state index contributed by atoms with van der Waals surface area (Å²) in [5.74, 6) is 0.693. The molecule has 1 aromatic rings. The Morgan fingerprint density at radius 3 is 2.27 bits per heavy atom. The van der Waals surface area contributed by atoms with Crippen molar-refractivity contribution in [3.63, 3.8) is 0 Å². The van der Waals surface area contributed by atoms with E-state index in [1.165, 1.54) is 18.4 Å². The zero-order chi connectivity index (χ0) is 11.1. The van der Waals surface area contributed by atoms with E-state index in [2.05, 4.69) is 13.8 Å². The van der Waals surface area contributed by atoms with Crippen LogP contribution in [-0.4, -0.2) is 6.61 Å². The Hall–Kier alpha value is -1.02. The molecule has 0 spiro atoms. The Balaban J connectivity index is 2.28. The van der Waals surface area contributed by atoms with Crippen LogP contribution >= 0.6 is 0 Å². The van der Waals surface area contributed by atoms with Crippen LogP contribution in [0.25, 0.3) is 0 Å². The summed E-state index contributed by atoms with van der Waals surface area (Å²) in [7, 11) is 0. The molecule has 0 heterocycles. The van der Waals surface area contributed by atoms with Crippen LogP contribution in [0.5, 0.6) is 0 Å². The fourth-order valence-corrected chi connectivity index (χ4v) is 1.48. The highest BCUT2D eigenvalue weighted by atomic mass is 16.5. The minimum absolute atomic E-state index is 0.691. The molecule has 0 amide bonds. The van der Waals surface area contributed by atoms with E-state index < -0.39 is 0 Å². The van der Waals surface area contributed by atoms with Gasteiger partial charge in [0.2, 0.25) is 0 Å². The van der Waals surface area contributed by atoms with Crippen LogP contribution in [0.15, 0.2) is 24.3 Å². The van der Waals surface area contributed by atoms with E-state index in [9.17, 15) is 0 Å². The fraction of sp³-hybridized carbons (Fsp3) is 0.538. The third-order valence-electron chi connectivity index (χ3n) is 2.76. The molecular formula is C13H21NO. The smallest absolute Gasteiger partial charge is 0.0717 e. The van der Waals surface area contributed by atoms with Crippen molar-refractivity contribution in [1.29, 1.82) is 0 Å². The first kappa shape index (κ1) is 12.1. The predicted molar refractivity (Wildman–Crippen MR) is 64.6 cm³/mol. The van der Waals surface area contributed by atoms with Crippen LogP contribution in [0.4, 0.5) is 5.69 Å². The lowest BCUT2D eigenvalue weighted by atomic mass is 10.1. The van der Waals surface area contributed by atoms with Gasteiger partial charge < -0.3 is 10.5 Å². The minimum Gasteiger partial charge on any atom is -0.399 e. The van der Waals surface area contributed by atoms with Crippen LogP contribution in [0, 0.1) is 5.92 Å². The molecule has 15 heavy (non-hydrogen) atoms. The predicted octanol–water partition coefficient (Wildman–Crippen LogP) is 3.22. The molecule has 2 heteroatoms. The number of hydrogen-bond acceptors (Lipinski definition) is 2. The Morgan fingerprint density at radius 1 is 1.13 bits per heavy atom. The number of benzene rings is 1. The monoisotopic (exact) mass is 207 g/mol. The normalized spacial score (nSPS) is 10.9. The third kappa shape index (κ3) is 4.34. The molecule has 0 aromatic heterocycles. The van der Waals surface area contributed by atoms with Gasteiger partial charge in [0.25, 0.3) is 0 Å². The molecule has 0 bridgehead atoms. The van der Waals surface area contributed by atoms with Gasteiger partial charge in [-0.05, 0) is 23.6 Å². The van der Waals surface area contributed by atoms with E-state index in [0.717, 1.165) is 12.3 Å². The maximum absolute atomic E-state index is 5.66. The van der Waals surface area contributed by atoms with Gasteiger partial charge in [0.05, 0.1) is 6.61 Å². The number of nitrogen functional groups attached to an aromatic ring is 1. The van der Waals surface area contributed by atoms with E-state index in [1.807, 2.05) is 24.3 Å². The zero-order valence-corrected chi connectivity index (χ0v) is 9.70. The second kappa shape index (κ2) is 6.46. The molecule has 0 aliphatic rings. The Labute approximate surface area is 92.4 Å². The lowest BCUT2D eigenvalue weighted by Crippen LogP contribution is -2.07. The van der Waals surface area contributed by atoms with Gasteiger partial charge in [-0.3, -0.25) is 0 Å². The number of nitrogens with two attached hydrogens (primary N) is 1. The van der Waals surface area contributed by atoms with Crippen molar-refractivity contribution in [2.75, 3.05) is 12.3 Å². The van der Waals surface area contributed by atoms with E-state index >= 15 is 0 Å². The average molecular weight is 207 g/mol. The molecule has 1 aromatic carbocycles. The van der Waals surface area contributed by atoms with E-state index in [1.54, 1.807) is 0 Å². The summed E-state index contributed by atoms with van der Waals surface area (Å²) in [6, 6.07) is 7.86. The van der Waals surface area contributed by atoms with Crippen LogP contribution in [-0.2, 0) is 11.3 Å². The minimum atomic E-state index is 0.691. The number of rotatable bonds is 6. The summed E-state index contributed by atoms with van der Waals surface area (Å²) in [4.78, 5) is 0. The molecule has 0 unspecified atom stereocenters. The molecule has 0 saturated carbocycles. The van der Waals surface area contributed by atoms with Gasteiger partial charge in [0.1, 0.15) is 0 Å². The SMILES string of the molecule is CCC(CC)COCc1ccc(N)cc1. The molecule has 0 radical (unpaired) electrons. The average Bonchev–Trinajstić information content (AvgIpc) is 2.27. The van der Waals surface area contributed by atoms with Gasteiger partial charge in [0, 0.05) is 12.3 Å². The Morgan fingerprint density at radius 2 is 1.73 bits per heavy atom. The standard InChI is InChI=1S/C13H21NO/c1-3-11(4-2)9-15-10-12-5-7-13(14)8-6-12/h5-8,11H,3-4,9-10,14H2,1-2H3. The summed E-state index contributed by atoms with van der Waals surface area (Å²) >= 11 is 0. The molecule has 2 nitrogen and oxygen atoms in total. The first-order valence-electron chi connectivity index (χ1n) is 5.68. The highest BCUT2D eigenvalue weighted by Crippen LogP contribution is 2.10. The van der Waals surface area contributed by atoms with Crippen molar-refractivity contribution < 1.29 is 4.74 Å².